The highest BCUT2D eigenvalue weighted by Gasteiger charge is 2.31. The van der Waals surface area contributed by atoms with Crippen LogP contribution < -0.4 is 0 Å². The van der Waals surface area contributed by atoms with Crippen molar-refractivity contribution in [2.45, 2.75) is 6.92 Å². The van der Waals surface area contributed by atoms with E-state index in [1.54, 1.807) is 6.07 Å². The molecule has 0 saturated heterocycles. The Morgan fingerprint density at radius 1 is 1.10 bits per heavy atom. The Morgan fingerprint density at radius 2 is 1.80 bits per heavy atom. The predicted octanol–water partition coefficient (Wildman–Crippen LogP) is 3.16. The zero-order valence-electron chi connectivity index (χ0n) is 11.1. The van der Waals surface area contributed by atoms with Crippen LogP contribution in [0.2, 0.25) is 0 Å². The third-order valence-corrected chi connectivity index (χ3v) is 3.25. The third-order valence-electron chi connectivity index (χ3n) is 3.25. The van der Waals surface area contributed by atoms with Crippen molar-refractivity contribution in [1.29, 1.82) is 0 Å². The fourth-order valence-corrected chi connectivity index (χ4v) is 2.13. The van der Waals surface area contributed by atoms with E-state index in [0.29, 0.717) is 5.76 Å². The molecule has 0 unspecified atom stereocenters. The highest BCUT2D eigenvalue weighted by molar-refractivity contribution is 6.22. The molecule has 0 spiro atoms. The van der Waals surface area contributed by atoms with E-state index in [-0.39, 0.29) is 22.9 Å². The van der Waals surface area contributed by atoms with Crippen molar-refractivity contribution in [1.82, 2.24) is 0 Å². The number of ether oxygens (including phenoxy) is 1. The van der Waals surface area contributed by atoms with Crippen molar-refractivity contribution in [3.63, 3.8) is 0 Å². The number of hydrogen-bond donors (Lipinski definition) is 0. The minimum absolute atomic E-state index is 0.00676. The maximum Gasteiger partial charge on any atom is 0.263 e. The number of benzene rings is 1. The largest absolute Gasteiger partial charge is 0.492 e. The second-order valence-electron chi connectivity index (χ2n) is 4.63. The third kappa shape index (κ3) is 1.86. The zero-order valence-corrected chi connectivity index (χ0v) is 11.1. The topological polar surface area (TPSA) is 56.5 Å². The van der Waals surface area contributed by atoms with E-state index in [0.717, 1.165) is 11.1 Å². The smallest absolute Gasteiger partial charge is 0.263 e. The van der Waals surface area contributed by atoms with E-state index in [1.807, 2.05) is 31.2 Å². The molecule has 1 heterocycles. The summed E-state index contributed by atoms with van der Waals surface area (Å²) in [6, 6.07) is 9.26. The molecular weight excluding hydrogens is 256 g/mol. The number of Topliss-reactive ketones (excluding diaryl/α,β-unsaturated/α-hetero) is 1. The number of aryl methyl sites for hydroxylation is 1. The zero-order chi connectivity index (χ0) is 14.3. The van der Waals surface area contributed by atoms with Gasteiger partial charge in [0.15, 0.2) is 17.3 Å². The van der Waals surface area contributed by atoms with Crippen LogP contribution >= 0.6 is 0 Å². The number of ketones is 2. The second-order valence-corrected chi connectivity index (χ2v) is 4.63. The van der Waals surface area contributed by atoms with Crippen LogP contribution in [0.1, 0.15) is 26.5 Å². The van der Waals surface area contributed by atoms with E-state index in [4.69, 9.17) is 9.15 Å². The lowest BCUT2D eigenvalue weighted by Gasteiger charge is -2.08. The van der Waals surface area contributed by atoms with Gasteiger partial charge in [0, 0.05) is 11.6 Å². The summed E-state index contributed by atoms with van der Waals surface area (Å²) in [5.74, 6) is -0.126. The van der Waals surface area contributed by atoms with Crippen molar-refractivity contribution >= 4 is 11.6 Å². The van der Waals surface area contributed by atoms with Crippen LogP contribution in [-0.4, -0.2) is 18.7 Å². The van der Waals surface area contributed by atoms with E-state index < -0.39 is 5.78 Å². The molecule has 0 atom stereocenters. The second kappa shape index (κ2) is 4.49. The minimum atomic E-state index is -0.402. The number of allylic oxidation sites excluding steroid dienone is 2. The lowest BCUT2D eigenvalue weighted by molar-refractivity contribution is 0.0892. The molecule has 2 aromatic rings. The summed E-state index contributed by atoms with van der Waals surface area (Å²) in [7, 11) is 1.35. The van der Waals surface area contributed by atoms with Crippen LogP contribution in [0.15, 0.2) is 46.6 Å². The van der Waals surface area contributed by atoms with Gasteiger partial charge < -0.3 is 9.15 Å². The lowest BCUT2D eigenvalue weighted by atomic mass is 10.0. The van der Waals surface area contributed by atoms with E-state index in [1.165, 1.54) is 13.2 Å². The highest BCUT2D eigenvalue weighted by Crippen LogP contribution is 2.30. The average molecular weight is 268 g/mol. The van der Waals surface area contributed by atoms with Crippen molar-refractivity contribution < 1.29 is 18.7 Å². The Hall–Kier alpha value is -2.62. The number of fused-ring (bicyclic) bond motifs is 1. The van der Waals surface area contributed by atoms with E-state index in [2.05, 4.69) is 0 Å². The van der Waals surface area contributed by atoms with Crippen LogP contribution in [0.3, 0.4) is 0 Å². The van der Waals surface area contributed by atoms with Crippen LogP contribution in [0.4, 0.5) is 0 Å². The number of methoxy groups -OCH3 is 1. The van der Waals surface area contributed by atoms with Gasteiger partial charge in [-0.3, -0.25) is 9.59 Å². The van der Waals surface area contributed by atoms with Crippen molar-refractivity contribution in [2.24, 2.45) is 0 Å². The van der Waals surface area contributed by atoms with E-state index in [9.17, 15) is 9.59 Å². The van der Waals surface area contributed by atoms with Crippen LogP contribution in [0.25, 0.3) is 11.3 Å². The molecule has 100 valence electrons. The number of furan rings is 1. The molecule has 0 saturated carbocycles. The molecule has 1 aliphatic rings. The normalized spacial score (nSPS) is 14.0. The summed E-state index contributed by atoms with van der Waals surface area (Å²) >= 11 is 0. The molecule has 0 fully saturated rings. The van der Waals surface area contributed by atoms with Crippen molar-refractivity contribution in [2.75, 3.05) is 7.11 Å². The molecule has 0 N–H and O–H groups in total. The summed E-state index contributed by atoms with van der Waals surface area (Å²) in [5, 5.41) is 0. The molecule has 1 aromatic carbocycles. The summed E-state index contributed by atoms with van der Waals surface area (Å²) in [6.45, 7) is 1.98. The molecule has 0 amide bonds. The quantitative estimate of drug-likeness (QED) is 0.839. The van der Waals surface area contributed by atoms with Crippen LogP contribution in [-0.2, 0) is 4.74 Å². The fourth-order valence-electron chi connectivity index (χ4n) is 2.13. The van der Waals surface area contributed by atoms with Crippen LogP contribution in [0, 0.1) is 6.92 Å². The van der Waals surface area contributed by atoms with Crippen LogP contribution in [0.5, 0.6) is 0 Å². The average Bonchev–Trinajstić information content (AvgIpc) is 2.89. The first-order valence-corrected chi connectivity index (χ1v) is 6.15. The molecule has 0 radical (unpaired) electrons. The first-order chi connectivity index (χ1) is 9.60. The van der Waals surface area contributed by atoms with Gasteiger partial charge in [-0.05, 0) is 13.0 Å². The summed E-state index contributed by atoms with van der Waals surface area (Å²) in [5.41, 5.74) is 2.23. The number of hydrogen-bond acceptors (Lipinski definition) is 4. The van der Waals surface area contributed by atoms with Gasteiger partial charge in [-0.2, -0.15) is 0 Å². The predicted molar refractivity (Wildman–Crippen MR) is 72.6 cm³/mol. The fraction of sp³-hybridized carbons (Fsp3) is 0.125. The van der Waals surface area contributed by atoms with E-state index >= 15 is 0 Å². The highest BCUT2D eigenvalue weighted by atomic mass is 16.5. The van der Waals surface area contributed by atoms with Crippen molar-refractivity contribution in [3.8, 4) is 11.3 Å². The standard InChI is InChI=1S/C16H12O4/c1-9-3-5-10(6-4-9)13-7-11-12(17)8-14(19-2)15(18)16(11)20-13/h3-8H,1-2H3. The minimum Gasteiger partial charge on any atom is -0.492 e. The maximum absolute atomic E-state index is 12.1. The Balaban J connectivity index is 2.08. The number of rotatable bonds is 2. The molecule has 4 heteroatoms. The van der Waals surface area contributed by atoms with Gasteiger partial charge in [-0.15, -0.1) is 0 Å². The Morgan fingerprint density at radius 3 is 2.45 bits per heavy atom. The number of carbonyl (C=O) groups is 2. The van der Waals surface area contributed by atoms with Gasteiger partial charge in [0.2, 0.25) is 0 Å². The molecule has 3 rings (SSSR count). The van der Waals surface area contributed by atoms with Gasteiger partial charge in [0.05, 0.1) is 12.7 Å². The molecule has 20 heavy (non-hydrogen) atoms. The first-order valence-electron chi connectivity index (χ1n) is 6.15. The van der Waals surface area contributed by atoms with Crippen molar-refractivity contribution in [3.05, 3.63) is 59.1 Å². The summed E-state index contributed by atoms with van der Waals surface area (Å²) in [4.78, 5) is 24.0. The lowest BCUT2D eigenvalue weighted by Crippen LogP contribution is -2.15. The van der Waals surface area contributed by atoms with Gasteiger partial charge >= 0.3 is 0 Å². The molecule has 1 aromatic heterocycles. The number of carbonyl (C=O) groups excluding carboxylic acids is 2. The Kier molecular flexibility index (Phi) is 2.79. The summed E-state index contributed by atoms with van der Waals surface area (Å²) < 4.78 is 10.4. The summed E-state index contributed by atoms with van der Waals surface area (Å²) in [6.07, 6.45) is 1.19. The monoisotopic (exact) mass is 268 g/mol. The van der Waals surface area contributed by atoms with Gasteiger partial charge in [0.1, 0.15) is 5.76 Å². The maximum atomic E-state index is 12.1. The molecule has 0 aliphatic heterocycles. The molecule has 1 aliphatic carbocycles. The van der Waals surface area contributed by atoms with Gasteiger partial charge in [-0.1, -0.05) is 29.8 Å². The Bertz CT molecular complexity index is 732. The molecular formula is C16H12O4. The SMILES string of the molecule is COC1=CC(=O)c2cc(-c3ccc(C)cc3)oc2C1=O. The Labute approximate surface area is 115 Å². The molecule has 0 bridgehead atoms. The van der Waals surface area contributed by atoms with Gasteiger partial charge in [0.25, 0.3) is 5.78 Å². The first kappa shape index (κ1) is 12.4. The molecule has 4 nitrogen and oxygen atoms in total. The van der Waals surface area contributed by atoms with Gasteiger partial charge in [-0.25, -0.2) is 0 Å².